The molecule has 1 N–H and O–H groups in total. The minimum absolute atomic E-state index is 0.315. The number of aromatic nitrogens is 1. The van der Waals surface area contributed by atoms with Gasteiger partial charge in [-0.3, -0.25) is 0 Å². The van der Waals surface area contributed by atoms with Gasteiger partial charge in [-0.25, -0.2) is 0 Å². The van der Waals surface area contributed by atoms with Gasteiger partial charge in [0, 0.05) is 29.2 Å². The number of hydrogen-bond acceptors (Lipinski definition) is 1. The Labute approximate surface area is 129 Å². The van der Waals surface area contributed by atoms with Crippen molar-refractivity contribution in [3.63, 3.8) is 0 Å². The topological polar surface area (TPSA) is 19.0 Å². The van der Waals surface area contributed by atoms with E-state index in [4.69, 9.17) is 0 Å². The second-order valence-electron chi connectivity index (χ2n) is 5.94. The van der Waals surface area contributed by atoms with Gasteiger partial charge in [0.2, 0.25) is 0 Å². The Balaban J connectivity index is 1.77. The van der Waals surface area contributed by atoms with Crippen molar-refractivity contribution in [2.45, 2.75) is 12.0 Å². The van der Waals surface area contributed by atoms with Gasteiger partial charge in [-0.1, -0.05) is 48.6 Å². The van der Waals surface area contributed by atoms with Crippen LogP contribution < -0.4 is 4.90 Å². The summed E-state index contributed by atoms with van der Waals surface area (Å²) in [6.45, 7) is 0. The van der Waals surface area contributed by atoms with Crippen LogP contribution in [0.3, 0.4) is 0 Å². The van der Waals surface area contributed by atoms with E-state index in [9.17, 15) is 0 Å². The summed E-state index contributed by atoms with van der Waals surface area (Å²) in [7, 11) is 0. The van der Waals surface area contributed by atoms with Crippen molar-refractivity contribution in [3.8, 4) is 0 Å². The maximum atomic E-state index is 3.47. The van der Waals surface area contributed by atoms with E-state index < -0.39 is 0 Å². The van der Waals surface area contributed by atoms with Crippen molar-refractivity contribution in [1.82, 2.24) is 4.98 Å². The maximum absolute atomic E-state index is 3.47. The molecule has 2 aliphatic rings. The molecule has 0 saturated heterocycles. The SMILES string of the molecule is C1=CC2c3ccccc3N(c3ccccc3)C2c2[nH]ccc21. The maximum Gasteiger partial charge on any atom is 0.0850 e. The van der Waals surface area contributed by atoms with Crippen molar-refractivity contribution in [2.75, 3.05) is 4.90 Å². The molecule has 5 rings (SSSR count). The Morgan fingerprint density at radius 2 is 1.68 bits per heavy atom. The number of anilines is 2. The van der Waals surface area contributed by atoms with Crippen LogP contribution in [0, 0.1) is 0 Å². The predicted molar refractivity (Wildman–Crippen MR) is 90.3 cm³/mol. The van der Waals surface area contributed by atoms with E-state index in [1.165, 1.54) is 28.2 Å². The number of nitrogens with one attached hydrogen (secondary N) is 1. The standard InChI is InChI=1S/C20H16N2/c1-2-6-15(7-3-1)22-18-9-5-4-8-16(18)17-11-10-14-12-13-21-19(14)20(17)22/h1-13,17,20-21H. The molecule has 0 amide bonds. The summed E-state index contributed by atoms with van der Waals surface area (Å²) in [5, 5.41) is 0. The Kier molecular flexibility index (Phi) is 2.36. The second-order valence-corrected chi connectivity index (χ2v) is 5.94. The third kappa shape index (κ3) is 1.49. The van der Waals surface area contributed by atoms with Gasteiger partial charge >= 0.3 is 0 Å². The molecule has 22 heavy (non-hydrogen) atoms. The highest BCUT2D eigenvalue weighted by Gasteiger charge is 2.41. The number of para-hydroxylation sites is 2. The summed E-state index contributed by atoms with van der Waals surface area (Å²) in [6, 6.07) is 21.9. The Morgan fingerprint density at radius 1 is 0.864 bits per heavy atom. The molecule has 0 spiro atoms. The van der Waals surface area contributed by atoms with Gasteiger partial charge in [0.05, 0.1) is 6.04 Å². The van der Waals surface area contributed by atoms with Crippen molar-refractivity contribution >= 4 is 17.5 Å². The molecule has 106 valence electrons. The molecule has 0 saturated carbocycles. The zero-order chi connectivity index (χ0) is 14.5. The quantitative estimate of drug-likeness (QED) is 0.665. The number of benzene rings is 2. The second kappa shape index (κ2) is 4.38. The molecular formula is C20H16N2. The number of nitrogens with zero attached hydrogens (tertiary/aromatic N) is 1. The summed E-state index contributed by atoms with van der Waals surface area (Å²) >= 11 is 0. The summed E-state index contributed by atoms with van der Waals surface area (Å²) in [4.78, 5) is 5.94. The predicted octanol–water partition coefficient (Wildman–Crippen LogP) is 5.02. The average Bonchev–Trinajstić information content (AvgIpc) is 3.17. The number of hydrogen-bond donors (Lipinski definition) is 1. The van der Waals surface area contributed by atoms with Crippen molar-refractivity contribution in [1.29, 1.82) is 0 Å². The highest BCUT2D eigenvalue weighted by molar-refractivity contribution is 5.77. The molecule has 2 heterocycles. The molecule has 1 aliphatic heterocycles. The van der Waals surface area contributed by atoms with E-state index >= 15 is 0 Å². The Bertz CT molecular complexity index is 860. The molecule has 2 nitrogen and oxygen atoms in total. The lowest BCUT2D eigenvalue weighted by Crippen LogP contribution is -2.23. The molecule has 1 aliphatic carbocycles. The molecule has 3 aromatic rings. The number of aromatic amines is 1. The van der Waals surface area contributed by atoms with Gasteiger partial charge in [-0.15, -0.1) is 0 Å². The summed E-state index contributed by atoms with van der Waals surface area (Å²) in [5.74, 6) is 0.405. The monoisotopic (exact) mass is 284 g/mol. The van der Waals surface area contributed by atoms with E-state index in [1.54, 1.807) is 0 Å². The molecule has 2 heteroatoms. The first-order valence-corrected chi connectivity index (χ1v) is 7.72. The highest BCUT2D eigenvalue weighted by Crippen LogP contribution is 2.54. The summed E-state index contributed by atoms with van der Waals surface area (Å²) < 4.78 is 0. The van der Waals surface area contributed by atoms with Gasteiger partial charge in [0.25, 0.3) is 0 Å². The van der Waals surface area contributed by atoms with E-state index in [2.05, 4.69) is 82.7 Å². The average molecular weight is 284 g/mol. The minimum atomic E-state index is 0.315. The van der Waals surface area contributed by atoms with E-state index in [0.717, 1.165) is 0 Å². The lowest BCUT2D eigenvalue weighted by atomic mass is 9.87. The summed E-state index contributed by atoms with van der Waals surface area (Å²) in [5.41, 5.74) is 6.59. The minimum Gasteiger partial charge on any atom is -0.363 e. The Hall–Kier alpha value is -2.74. The zero-order valence-corrected chi connectivity index (χ0v) is 12.1. The van der Waals surface area contributed by atoms with E-state index in [1.807, 2.05) is 6.20 Å². The van der Waals surface area contributed by atoms with Gasteiger partial charge in [0.15, 0.2) is 0 Å². The lowest BCUT2D eigenvalue weighted by Gasteiger charge is -2.31. The molecule has 0 bridgehead atoms. The third-order valence-corrected chi connectivity index (χ3v) is 4.80. The number of H-pyrrole nitrogens is 1. The van der Waals surface area contributed by atoms with Crippen LogP contribution in [0.15, 0.2) is 72.9 Å². The van der Waals surface area contributed by atoms with E-state index in [-0.39, 0.29) is 0 Å². The van der Waals surface area contributed by atoms with Gasteiger partial charge in [-0.2, -0.15) is 0 Å². The largest absolute Gasteiger partial charge is 0.363 e. The number of fused-ring (bicyclic) bond motifs is 5. The summed E-state index contributed by atoms with van der Waals surface area (Å²) in [6.07, 6.45) is 6.64. The molecule has 2 unspecified atom stereocenters. The van der Waals surface area contributed by atoms with E-state index in [0.29, 0.717) is 12.0 Å². The molecular weight excluding hydrogens is 268 g/mol. The van der Waals surface area contributed by atoms with Gasteiger partial charge < -0.3 is 9.88 Å². The fraction of sp³-hybridized carbons (Fsp3) is 0.100. The van der Waals surface area contributed by atoms with Crippen LogP contribution in [0.1, 0.15) is 28.8 Å². The Morgan fingerprint density at radius 3 is 2.59 bits per heavy atom. The van der Waals surface area contributed by atoms with Gasteiger partial charge in [-0.05, 0) is 35.4 Å². The van der Waals surface area contributed by atoms with Crippen LogP contribution in [0.5, 0.6) is 0 Å². The number of rotatable bonds is 1. The third-order valence-electron chi connectivity index (χ3n) is 4.80. The molecule has 0 fully saturated rings. The normalized spacial score (nSPS) is 21.4. The first-order chi connectivity index (χ1) is 10.9. The fourth-order valence-corrected chi connectivity index (χ4v) is 3.88. The van der Waals surface area contributed by atoms with Crippen molar-refractivity contribution < 1.29 is 0 Å². The molecule has 0 radical (unpaired) electrons. The van der Waals surface area contributed by atoms with Crippen LogP contribution in [-0.2, 0) is 0 Å². The highest BCUT2D eigenvalue weighted by atomic mass is 15.2. The smallest absolute Gasteiger partial charge is 0.0850 e. The van der Waals surface area contributed by atoms with Crippen molar-refractivity contribution in [3.05, 3.63) is 89.8 Å². The zero-order valence-electron chi connectivity index (χ0n) is 12.1. The fourth-order valence-electron chi connectivity index (χ4n) is 3.88. The molecule has 2 atom stereocenters. The molecule has 2 aromatic carbocycles. The van der Waals surface area contributed by atoms with Crippen LogP contribution in [0.4, 0.5) is 11.4 Å². The van der Waals surface area contributed by atoms with Crippen LogP contribution in [0.25, 0.3) is 6.08 Å². The van der Waals surface area contributed by atoms with Crippen LogP contribution in [0.2, 0.25) is 0 Å². The first-order valence-electron chi connectivity index (χ1n) is 7.72. The van der Waals surface area contributed by atoms with Gasteiger partial charge in [0.1, 0.15) is 0 Å². The lowest BCUT2D eigenvalue weighted by molar-refractivity contribution is 0.651. The van der Waals surface area contributed by atoms with Crippen LogP contribution >= 0.6 is 0 Å². The van der Waals surface area contributed by atoms with Crippen LogP contribution in [-0.4, -0.2) is 4.98 Å². The molecule has 1 aromatic heterocycles. The van der Waals surface area contributed by atoms with Crippen molar-refractivity contribution in [2.24, 2.45) is 0 Å². The first kappa shape index (κ1) is 11.9.